The number of pyridine rings is 1. The Morgan fingerprint density at radius 3 is 2.42 bits per heavy atom. The first-order valence-electron chi connectivity index (χ1n) is 3.99. The maximum Gasteiger partial charge on any atom is 0.106 e. The monoisotopic (exact) mass is 227 g/mol. The van der Waals surface area contributed by atoms with Gasteiger partial charge in [0.15, 0.2) is 0 Å². The number of aryl methyl sites for hydroxylation is 1. The van der Waals surface area contributed by atoms with Crippen LogP contribution in [0.1, 0.15) is 25.1 Å². The molecule has 0 aromatic carbocycles. The van der Waals surface area contributed by atoms with E-state index in [0.717, 1.165) is 15.9 Å². The lowest BCUT2D eigenvalue weighted by molar-refractivity contribution is 1.16. The van der Waals surface area contributed by atoms with Crippen LogP contribution < -0.4 is 0 Å². The summed E-state index contributed by atoms with van der Waals surface area (Å²) in [6, 6.07) is 3.89. The lowest BCUT2D eigenvalue weighted by Crippen LogP contribution is -1.85. The molecule has 0 atom stereocenters. The van der Waals surface area contributed by atoms with E-state index in [1.807, 2.05) is 32.9 Å². The summed E-state index contributed by atoms with van der Waals surface area (Å²) in [5.41, 5.74) is 2.09. The van der Waals surface area contributed by atoms with Gasteiger partial charge in [-0.05, 0) is 34.5 Å². The van der Waals surface area contributed by atoms with Gasteiger partial charge < -0.3 is 0 Å². The molecule has 0 aliphatic heterocycles. The van der Waals surface area contributed by atoms with E-state index in [-0.39, 0.29) is 0 Å². The molecule has 0 aliphatic rings. The van der Waals surface area contributed by atoms with Crippen LogP contribution in [-0.2, 0) is 0 Å². The highest BCUT2D eigenvalue weighted by Crippen LogP contribution is 2.11. The second-order valence-electron chi connectivity index (χ2n) is 2.01. The summed E-state index contributed by atoms with van der Waals surface area (Å²) in [6.07, 6.45) is 1.80. The van der Waals surface area contributed by atoms with Gasteiger partial charge in [0.25, 0.3) is 0 Å². The molecule has 0 radical (unpaired) electrons. The van der Waals surface area contributed by atoms with E-state index in [2.05, 4.69) is 27.5 Å². The van der Waals surface area contributed by atoms with Crippen molar-refractivity contribution in [1.82, 2.24) is 4.98 Å². The quantitative estimate of drug-likeness (QED) is 0.666. The van der Waals surface area contributed by atoms with Gasteiger partial charge in [0.2, 0.25) is 0 Å². The van der Waals surface area contributed by atoms with Crippen molar-refractivity contribution < 1.29 is 0 Å². The Balaban J connectivity index is 0.000000561. The van der Waals surface area contributed by atoms with Crippen LogP contribution in [-0.4, -0.2) is 4.98 Å². The normalized spacial score (nSPS) is 8.33. The van der Waals surface area contributed by atoms with Crippen molar-refractivity contribution in [1.29, 1.82) is 0 Å². The molecule has 1 nitrogen and oxygen atoms in total. The zero-order valence-electron chi connectivity index (χ0n) is 7.76. The van der Waals surface area contributed by atoms with Crippen LogP contribution in [0.5, 0.6) is 0 Å². The maximum atomic E-state index is 4.19. The molecule has 0 saturated heterocycles. The van der Waals surface area contributed by atoms with Crippen molar-refractivity contribution in [2.45, 2.75) is 20.8 Å². The minimum Gasteiger partial charge on any atom is -0.246 e. The van der Waals surface area contributed by atoms with Crippen LogP contribution in [0.3, 0.4) is 0 Å². The topological polar surface area (TPSA) is 12.9 Å². The Hall–Kier alpha value is -0.630. The van der Waals surface area contributed by atoms with Gasteiger partial charge in [0.1, 0.15) is 4.60 Å². The standard InChI is InChI=1S/C8H8BrN.C2H6/c1-3-7-4-5-8(9)10-6(7)2;1-2/h3-5H,1H2,2H3;1-2H3. The molecule has 0 aliphatic carbocycles. The van der Waals surface area contributed by atoms with E-state index in [9.17, 15) is 0 Å². The first-order chi connectivity index (χ1) is 5.74. The molecule has 2 heteroatoms. The Bertz CT molecular complexity index is 256. The largest absolute Gasteiger partial charge is 0.246 e. The number of nitrogens with zero attached hydrogens (tertiary/aromatic N) is 1. The van der Waals surface area contributed by atoms with E-state index in [0.29, 0.717) is 0 Å². The van der Waals surface area contributed by atoms with Crippen LogP contribution >= 0.6 is 15.9 Å². The van der Waals surface area contributed by atoms with Gasteiger partial charge in [0.05, 0.1) is 0 Å². The Morgan fingerprint density at radius 2 is 2.00 bits per heavy atom. The molecule has 0 amide bonds. The first-order valence-corrected chi connectivity index (χ1v) is 4.79. The molecule has 66 valence electrons. The fraction of sp³-hybridized carbons (Fsp3) is 0.300. The summed E-state index contributed by atoms with van der Waals surface area (Å²) in [6.45, 7) is 9.63. The van der Waals surface area contributed by atoms with E-state index >= 15 is 0 Å². The summed E-state index contributed by atoms with van der Waals surface area (Å²) >= 11 is 3.28. The summed E-state index contributed by atoms with van der Waals surface area (Å²) < 4.78 is 0.871. The molecule has 0 bridgehead atoms. The molecule has 1 heterocycles. The molecule has 1 aromatic heterocycles. The van der Waals surface area contributed by atoms with Crippen molar-refractivity contribution in [2.24, 2.45) is 0 Å². The van der Waals surface area contributed by atoms with E-state index in [1.165, 1.54) is 0 Å². The highest BCUT2D eigenvalue weighted by molar-refractivity contribution is 9.10. The predicted molar refractivity (Wildman–Crippen MR) is 58.1 cm³/mol. The third-order valence-electron chi connectivity index (χ3n) is 1.31. The highest BCUT2D eigenvalue weighted by Gasteiger charge is 1.93. The van der Waals surface area contributed by atoms with Crippen molar-refractivity contribution in [3.05, 3.63) is 34.6 Å². The summed E-state index contributed by atoms with van der Waals surface area (Å²) in [5, 5.41) is 0. The number of aromatic nitrogens is 1. The number of hydrogen-bond acceptors (Lipinski definition) is 1. The fourth-order valence-electron chi connectivity index (χ4n) is 0.757. The van der Waals surface area contributed by atoms with E-state index in [4.69, 9.17) is 0 Å². The number of rotatable bonds is 1. The number of hydrogen-bond donors (Lipinski definition) is 0. The molecule has 0 fully saturated rings. The molecule has 1 rings (SSSR count). The van der Waals surface area contributed by atoms with Crippen LogP contribution in [0.2, 0.25) is 0 Å². The van der Waals surface area contributed by atoms with Crippen molar-refractivity contribution in [2.75, 3.05) is 0 Å². The van der Waals surface area contributed by atoms with Crippen LogP contribution in [0.25, 0.3) is 6.08 Å². The third kappa shape index (κ3) is 3.18. The van der Waals surface area contributed by atoms with Crippen LogP contribution in [0, 0.1) is 6.92 Å². The van der Waals surface area contributed by atoms with E-state index in [1.54, 1.807) is 6.08 Å². The lowest BCUT2D eigenvalue weighted by Gasteiger charge is -1.97. The van der Waals surface area contributed by atoms with Gasteiger partial charge in [0, 0.05) is 5.69 Å². The van der Waals surface area contributed by atoms with E-state index < -0.39 is 0 Å². The molecule has 12 heavy (non-hydrogen) atoms. The Kier molecular flexibility index (Phi) is 5.64. The summed E-state index contributed by atoms with van der Waals surface area (Å²) in [5.74, 6) is 0. The third-order valence-corrected chi connectivity index (χ3v) is 1.75. The summed E-state index contributed by atoms with van der Waals surface area (Å²) in [7, 11) is 0. The van der Waals surface area contributed by atoms with Crippen molar-refractivity contribution in [3.8, 4) is 0 Å². The molecule has 0 unspecified atom stereocenters. The van der Waals surface area contributed by atoms with Gasteiger partial charge >= 0.3 is 0 Å². The Morgan fingerprint density at radius 1 is 1.42 bits per heavy atom. The highest BCUT2D eigenvalue weighted by atomic mass is 79.9. The first kappa shape index (κ1) is 11.4. The molecule has 1 aromatic rings. The molecule has 0 spiro atoms. The van der Waals surface area contributed by atoms with Gasteiger partial charge in [-0.1, -0.05) is 32.6 Å². The average molecular weight is 228 g/mol. The Labute approximate surface area is 82.7 Å². The predicted octanol–water partition coefficient (Wildman–Crippen LogP) is 3.82. The minimum absolute atomic E-state index is 0.871. The van der Waals surface area contributed by atoms with Crippen molar-refractivity contribution in [3.63, 3.8) is 0 Å². The minimum atomic E-state index is 0.871. The average Bonchev–Trinajstić information content (AvgIpc) is 2.08. The second-order valence-corrected chi connectivity index (χ2v) is 2.83. The fourth-order valence-corrected chi connectivity index (χ4v) is 1.16. The van der Waals surface area contributed by atoms with Crippen LogP contribution in [0.15, 0.2) is 23.3 Å². The van der Waals surface area contributed by atoms with Gasteiger partial charge in [-0.25, -0.2) is 4.98 Å². The van der Waals surface area contributed by atoms with Crippen molar-refractivity contribution >= 4 is 22.0 Å². The zero-order valence-corrected chi connectivity index (χ0v) is 9.35. The SMILES string of the molecule is C=Cc1ccc(Br)nc1C.CC. The number of halogens is 1. The van der Waals surface area contributed by atoms with Gasteiger partial charge in [-0.15, -0.1) is 0 Å². The van der Waals surface area contributed by atoms with Gasteiger partial charge in [-0.2, -0.15) is 0 Å². The molecular weight excluding hydrogens is 214 g/mol. The zero-order chi connectivity index (χ0) is 9.56. The maximum absolute atomic E-state index is 4.19. The van der Waals surface area contributed by atoms with Gasteiger partial charge in [-0.3, -0.25) is 0 Å². The molecule has 0 N–H and O–H groups in total. The molecule has 0 saturated carbocycles. The van der Waals surface area contributed by atoms with Crippen LogP contribution in [0.4, 0.5) is 0 Å². The molecular formula is C10H14BrN. The second kappa shape index (κ2) is 5.95. The smallest absolute Gasteiger partial charge is 0.106 e. The summed E-state index contributed by atoms with van der Waals surface area (Å²) in [4.78, 5) is 4.19. The lowest BCUT2D eigenvalue weighted by atomic mass is 10.2.